The van der Waals surface area contributed by atoms with Crippen molar-refractivity contribution < 1.29 is 22.9 Å². The van der Waals surface area contributed by atoms with Crippen LogP contribution in [0, 0.1) is 0 Å². The first-order valence-corrected chi connectivity index (χ1v) is 11.2. The van der Waals surface area contributed by atoms with E-state index in [1.807, 2.05) is 12.1 Å². The van der Waals surface area contributed by atoms with E-state index in [0.717, 1.165) is 10.5 Å². The molecule has 0 saturated carbocycles. The number of imide groups is 1. The average Bonchev–Trinajstić information content (AvgIpc) is 3.13. The topological polar surface area (TPSA) is 91.2 Å². The van der Waals surface area contributed by atoms with Gasteiger partial charge >= 0.3 is 6.03 Å². The van der Waals surface area contributed by atoms with Crippen LogP contribution in [0.1, 0.15) is 32.3 Å². The largest absolute Gasteiger partial charge is 0.336 e. The highest BCUT2D eigenvalue weighted by Gasteiger charge is 2.38. The van der Waals surface area contributed by atoms with Crippen LogP contribution in [-0.4, -0.2) is 74.9 Å². The number of rotatable bonds is 5. The minimum absolute atomic E-state index is 0.203. The van der Waals surface area contributed by atoms with Crippen LogP contribution in [0.15, 0.2) is 29.2 Å². The van der Waals surface area contributed by atoms with E-state index in [-0.39, 0.29) is 18.0 Å². The number of nitrogens with one attached hydrogen (secondary N) is 2. The second kappa shape index (κ2) is 8.18. The smallest absolute Gasteiger partial charge is 0.324 e. The van der Waals surface area contributed by atoms with Crippen LogP contribution in [-0.2, 0) is 14.8 Å². The number of hydrogen-bond donors (Lipinski definition) is 2. The number of nitrogens with zero attached hydrogens (tertiary/aromatic N) is 2. The number of quaternary nitrogens is 1. The molecule has 0 radical (unpaired) electrons. The Morgan fingerprint density at radius 3 is 2.18 bits per heavy atom. The van der Waals surface area contributed by atoms with Crippen molar-refractivity contribution in [1.29, 1.82) is 0 Å². The molecular weight excluding hydrogens is 380 g/mol. The maximum absolute atomic E-state index is 12.9. The van der Waals surface area contributed by atoms with Gasteiger partial charge in [0.15, 0.2) is 6.04 Å². The van der Waals surface area contributed by atoms with Gasteiger partial charge in [-0.25, -0.2) is 13.2 Å². The Morgan fingerprint density at radius 2 is 1.68 bits per heavy atom. The lowest BCUT2D eigenvalue weighted by atomic mass is 10.0. The Bertz CT molecular complexity index is 830. The normalized spacial score (nSPS) is 20.4. The van der Waals surface area contributed by atoms with E-state index < -0.39 is 10.0 Å². The van der Waals surface area contributed by atoms with Gasteiger partial charge in [-0.2, -0.15) is 4.31 Å². The predicted octanol–water partition coefficient (Wildman–Crippen LogP) is -0.360. The number of hydrogen-bond acceptors (Lipinski definition) is 4. The molecule has 9 heteroatoms. The van der Waals surface area contributed by atoms with Crippen LogP contribution >= 0.6 is 0 Å². The van der Waals surface area contributed by atoms with Crippen LogP contribution in [0.25, 0.3) is 0 Å². The van der Waals surface area contributed by atoms with Gasteiger partial charge in [-0.3, -0.25) is 9.69 Å². The Labute approximate surface area is 166 Å². The van der Waals surface area contributed by atoms with Gasteiger partial charge in [0.2, 0.25) is 10.0 Å². The number of amides is 3. The SMILES string of the molecule is CC(C)c1ccc(S(=O)(=O)N2CC[NH+]([C@H](C)C(=O)N3CCNC3=O)CC2)cc1. The van der Waals surface area contributed by atoms with Crippen molar-refractivity contribution in [3.8, 4) is 0 Å². The summed E-state index contributed by atoms with van der Waals surface area (Å²) in [6.07, 6.45) is 0. The summed E-state index contributed by atoms with van der Waals surface area (Å²) in [7, 11) is -3.54. The molecule has 3 rings (SSSR count). The van der Waals surface area contributed by atoms with Gasteiger partial charge in [0.05, 0.1) is 31.1 Å². The Balaban J connectivity index is 1.62. The molecule has 2 N–H and O–H groups in total. The summed E-state index contributed by atoms with van der Waals surface area (Å²) < 4.78 is 27.3. The molecular formula is C19H29N4O4S+. The van der Waals surface area contributed by atoms with Crippen LogP contribution in [0.4, 0.5) is 4.79 Å². The standard InChI is InChI=1S/C19H28N4O4S/c1-14(2)16-4-6-17(7-5-16)28(26,27)22-12-10-21(11-13-22)15(3)18(24)23-9-8-20-19(23)25/h4-7,14-15H,8-13H2,1-3H3,(H,20,25)/p+1/t15-/m1/s1. The third kappa shape index (κ3) is 4.06. The molecule has 0 bridgehead atoms. The fourth-order valence-corrected chi connectivity index (χ4v) is 5.15. The van der Waals surface area contributed by atoms with Gasteiger partial charge in [-0.05, 0) is 30.5 Å². The Kier molecular flexibility index (Phi) is 6.07. The molecule has 1 aromatic rings. The molecule has 1 aromatic carbocycles. The summed E-state index contributed by atoms with van der Waals surface area (Å²) in [4.78, 5) is 26.8. The van der Waals surface area contributed by atoms with Crippen molar-refractivity contribution >= 4 is 22.0 Å². The molecule has 0 spiro atoms. The van der Waals surface area contributed by atoms with Crippen molar-refractivity contribution in [2.75, 3.05) is 39.3 Å². The Morgan fingerprint density at radius 1 is 1.07 bits per heavy atom. The quantitative estimate of drug-likeness (QED) is 0.695. The highest BCUT2D eigenvalue weighted by atomic mass is 32.2. The molecule has 2 heterocycles. The molecule has 1 atom stereocenters. The summed E-state index contributed by atoms with van der Waals surface area (Å²) in [5.41, 5.74) is 1.10. The highest BCUT2D eigenvalue weighted by molar-refractivity contribution is 7.89. The van der Waals surface area contributed by atoms with Crippen molar-refractivity contribution in [2.24, 2.45) is 0 Å². The van der Waals surface area contributed by atoms with Crippen molar-refractivity contribution in [1.82, 2.24) is 14.5 Å². The van der Waals surface area contributed by atoms with Gasteiger partial charge in [-0.15, -0.1) is 0 Å². The molecule has 2 aliphatic rings. The second-order valence-corrected chi connectivity index (χ2v) is 9.67. The lowest BCUT2D eigenvalue weighted by Crippen LogP contribution is -3.19. The zero-order valence-electron chi connectivity index (χ0n) is 16.6. The van der Waals surface area contributed by atoms with E-state index in [1.54, 1.807) is 19.1 Å². The first-order chi connectivity index (χ1) is 13.2. The third-order valence-electron chi connectivity index (χ3n) is 5.65. The molecule has 8 nitrogen and oxygen atoms in total. The van der Waals surface area contributed by atoms with Crippen LogP contribution in [0.2, 0.25) is 0 Å². The van der Waals surface area contributed by atoms with E-state index in [1.165, 1.54) is 9.21 Å². The summed E-state index contributed by atoms with van der Waals surface area (Å²) in [6.45, 7) is 8.59. The maximum Gasteiger partial charge on any atom is 0.324 e. The van der Waals surface area contributed by atoms with Crippen LogP contribution in [0.3, 0.4) is 0 Å². The minimum atomic E-state index is -3.54. The number of piperazine rings is 1. The number of sulfonamides is 1. The second-order valence-electron chi connectivity index (χ2n) is 7.73. The first-order valence-electron chi connectivity index (χ1n) is 9.75. The highest BCUT2D eigenvalue weighted by Crippen LogP contribution is 2.20. The summed E-state index contributed by atoms with van der Waals surface area (Å²) in [5, 5.41) is 2.63. The monoisotopic (exact) mass is 409 g/mol. The fourth-order valence-electron chi connectivity index (χ4n) is 3.71. The number of benzene rings is 1. The van der Waals surface area contributed by atoms with E-state index in [2.05, 4.69) is 19.2 Å². The average molecular weight is 410 g/mol. The van der Waals surface area contributed by atoms with Crippen molar-refractivity contribution in [3.05, 3.63) is 29.8 Å². The Hall–Kier alpha value is -1.97. The minimum Gasteiger partial charge on any atom is -0.336 e. The molecule has 154 valence electrons. The van der Waals surface area contributed by atoms with Gasteiger partial charge < -0.3 is 10.2 Å². The summed E-state index contributed by atoms with van der Waals surface area (Å²) in [5.74, 6) is 0.145. The maximum atomic E-state index is 12.9. The molecule has 2 aliphatic heterocycles. The van der Waals surface area contributed by atoms with E-state index in [9.17, 15) is 18.0 Å². The van der Waals surface area contributed by atoms with Crippen molar-refractivity contribution in [3.63, 3.8) is 0 Å². The predicted molar refractivity (Wildman–Crippen MR) is 105 cm³/mol. The summed E-state index contributed by atoms with van der Waals surface area (Å²) >= 11 is 0. The molecule has 2 fully saturated rings. The lowest BCUT2D eigenvalue weighted by Gasteiger charge is -2.34. The van der Waals surface area contributed by atoms with Crippen LogP contribution < -0.4 is 10.2 Å². The lowest BCUT2D eigenvalue weighted by molar-refractivity contribution is -0.917. The fraction of sp³-hybridized carbons (Fsp3) is 0.579. The summed E-state index contributed by atoms with van der Waals surface area (Å²) in [6, 6.07) is 6.34. The van der Waals surface area contributed by atoms with E-state index in [4.69, 9.17) is 0 Å². The number of carbonyl (C=O) groups excluding carboxylic acids is 2. The third-order valence-corrected chi connectivity index (χ3v) is 7.57. The molecule has 0 aliphatic carbocycles. The molecule has 28 heavy (non-hydrogen) atoms. The number of carbonyl (C=O) groups is 2. The van der Waals surface area contributed by atoms with Crippen LogP contribution in [0.5, 0.6) is 0 Å². The molecule has 0 unspecified atom stereocenters. The zero-order valence-corrected chi connectivity index (χ0v) is 17.5. The number of urea groups is 1. The zero-order chi connectivity index (χ0) is 20.5. The van der Waals surface area contributed by atoms with Gasteiger partial charge in [0.25, 0.3) is 5.91 Å². The first kappa shape index (κ1) is 20.8. The van der Waals surface area contributed by atoms with E-state index in [0.29, 0.717) is 50.1 Å². The van der Waals surface area contributed by atoms with Gasteiger partial charge in [0, 0.05) is 13.1 Å². The van der Waals surface area contributed by atoms with Gasteiger partial charge in [-0.1, -0.05) is 26.0 Å². The molecule has 3 amide bonds. The van der Waals surface area contributed by atoms with E-state index >= 15 is 0 Å². The molecule has 0 aromatic heterocycles. The molecule has 2 saturated heterocycles. The van der Waals surface area contributed by atoms with Gasteiger partial charge in [0.1, 0.15) is 0 Å². The van der Waals surface area contributed by atoms with Crippen molar-refractivity contribution in [2.45, 2.75) is 37.6 Å².